The zero-order chi connectivity index (χ0) is 10.8. The van der Waals surface area contributed by atoms with Crippen molar-refractivity contribution in [2.24, 2.45) is 0 Å². The van der Waals surface area contributed by atoms with Crippen LogP contribution in [-0.4, -0.2) is 11.3 Å². The molecule has 0 spiro atoms. The minimum Gasteiger partial charge on any atom is -0.507 e. The number of rotatable bonds is 0. The van der Waals surface area contributed by atoms with Gasteiger partial charge in [0, 0.05) is 5.92 Å². The predicted octanol–water partition coefficient (Wildman–Crippen LogP) is 2.45. The summed E-state index contributed by atoms with van der Waals surface area (Å²) in [6, 6.07) is 3.15. The van der Waals surface area contributed by atoms with Gasteiger partial charge in [0.2, 0.25) is 0 Å². The maximum absolute atomic E-state index is 12.8. The zero-order valence-corrected chi connectivity index (χ0v) is 6.69. The molecule has 1 rings (SSSR count). The van der Waals surface area contributed by atoms with Crippen LogP contribution in [0.25, 0.3) is 0 Å². The molecule has 1 aromatic rings. The van der Waals surface area contributed by atoms with Crippen LogP contribution in [0.5, 0.6) is 5.75 Å². The van der Waals surface area contributed by atoms with Crippen LogP contribution in [0.2, 0.25) is 0 Å². The van der Waals surface area contributed by atoms with Crippen molar-refractivity contribution in [3.05, 3.63) is 29.6 Å². The normalized spacial score (nSPS) is 10.6. The summed E-state index contributed by atoms with van der Waals surface area (Å²) in [4.78, 5) is 0. The smallest absolute Gasteiger partial charge is 0.458 e. The fraction of sp³-hybridized carbons (Fsp3) is 0.111. The molecule has 0 fully saturated rings. The molecule has 0 aromatic heterocycles. The van der Waals surface area contributed by atoms with E-state index in [0.29, 0.717) is 0 Å². The van der Waals surface area contributed by atoms with E-state index < -0.39 is 23.3 Å². The average molecular weight is 204 g/mol. The molecule has 0 radical (unpaired) electrons. The minimum absolute atomic E-state index is 0.609. The molecule has 0 aliphatic rings. The number of benzene rings is 1. The lowest BCUT2D eigenvalue weighted by molar-refractivity contribution is -0.0696. The van der Waals surface area contributed by atoms with Crippen LogP contribution in [0.15, 0.2) is 18.2 Å². The molecule has 0 bridgehead atoms. The quantitative estimate of drug-likeness (QED) is 0.508. The van der Waals surface area contributed by atoms with Crippen LogP contribution >= 0.6 is 0 Å². The van der Waals surface area contributed by atoms with E-state index in [1.165, 1.54) is 12.0 Å². The SMILES string of the molecule is Oc1cccc(F)c1C#CC(F)(F)F. The third kappa shape index (κ3) is 2.66. The first-order valence-electron chi connectivity index (χ1n) is 3.47. The molecule has 0 amide bonds. The van der Waals surface area contributed by atoms with Crippen LogP contribution < -0.4 is 0 Å². The second-order valence-electron chi connectivity index (χ2n) is 2.38. The molecule has 0 saturated heterocycles. The summed E-state index contributed by atoms with van der Waals surface area (Å²) in [6.45, 7) is 0. The van der Waals surface area contributed by atoms with E-state index in [9.17, 15) is 17.6 Å². The van der Waals surface area contributed by atoms with Gasteiger partial charge in [0.1, 0.15) is 17.1 Å². The summed E-state index contributed by atoms with van der Waals surface area (Å²) >= 11 is 0. The minimum atomic E-state index is -4.70. The van der Waals surface area contributed by atoms with Crippen molar-refractivity contribution in [1.29, 1.82) is 0 Å². The molecular formula is C9H4F4O. The Kier molecular flexibility index (Phi) is 2.65. The van der Waals surface area contributed by atoms with Gasteiger partial charge in [-0.2, -0.15) is 13.2 Å². The van der Waals surface area contributed by atoms with E-state index in [4.69, 9.17) is 5.11 Å². The number of hydrogen-bond acceptors (Lipinski definition) is 1. The van der Waals surface area contributed by atoms with Crippen molar-refractivity contribution in [2.45, 2.75) is 6.18 Å². The Labute approximate surface area is 77.0 Å². The topological polar surface area (TPSA) is 20.2 Å². The summed E-state index contributed by atoms with van der Waals surface area (Å²) < 4.78 is 47.7. The Morgan fingerprint density at radius 1 is 1.21 bits per heavy atom. The van der Waals surface area contributed by atoms with E-state index in [-0.39, 0.29) is 0 Å². The molecule has 0 aliphatic carbocycles. The van der Waals surface area contributed by atoms with Gasteiger partial charge < -0.3 is 5.11 Å². The van der Waals surface area contributed by atoms with Gasteiger partial charge in [-0.1, -0.05) is 12.0 Å². The molecule has 0 heterocycles. The highest BCUT2D eigenvalue weighted by molar-refractivity contribution is 5.46. The standard InChI is InChI=1S/C9H4F4O/c10-7-2-1-3-8(14)6(7)4-5-9(11,12)13/h1-3,14H. The van der Waals surface area contributed by atoms with Crippen molar-refractivity contribution in [1.82, 2.24) is 0 Å². The Balaban J connectivity index is 3.13. The molecule has 1 N–H and O–H groups in total. The highest BCUT2D eigenvalue weighted by Crippen LogP contribution is 2.19. The van der Waals surface area contributed by atoms with Gasteiger partial charge in [0.25, 0.3) is 0 Å². The first-order chi connectivity index (χ1) is 6.40. The Morgan fingerprint density at radius 3 is 2.36 bits per heavy atom. The van der Waals surface area contributed by atoms with Gasteiger partial charge >= 0.3 is 6.18 Å². The van der Waals surface area contributed by atoms with E-state index in [1.807, 2.05) is 0 Å². The molecule has 1 aromatic carbocycles. The molecule has 74 valence electrons. The number of alkyl halides is 3. The number of phenols is 1. The van der Waals surface area contributed by atoms with E-state index in [0.717, 1.165) is 18.1 Å². The second-order valence-corrected chi connectivity index (χ2v) is 2.38. The zero-order valence-electron chi connectivity index (χ0n) is 6.69. The lowest BCUT2D eigenvalue weighted by Crippen LogP contribution is -2.01. The molecular weight excluding hydrogens is 200 g/mol. The first-order valence-corrected chi connectivity index (χ1v) is 3.47. The lowest BCUT2D eigenvalue weighted by Gasteiger charge is -1.97. The summed E-state index contributed by atoms with van der Waals surface area (Å²) in [6.07, 6.45) is -4.70. The number of halogens is 4. The maximum atomic E-state index is 12.8. The Hall–Kier alpha value is -1.70. The summed E-state index contributed by atoms with van der Waals surface area (Å²) in [5, 5.41) is 8.98. The number of phenolic OH excluding ortho intramolecular Hbond substituents is 1. The van der Waals surface area contributed by atoms with E-state index >= 15 is 0 Å². The third-order valence-electron chi connectivity index (χ3n) is 1.32. The lowest BCUT2D eigenvalue weighted by atomic mass is 10.2. The highest BCUT2D eigenvalue weighted by Gasteiger charge is 2.23. The fourth-order valence-electron chi connectivity index (χ4n) is 0.770. The van der Waals surface area contributed by atoms with Crippen LogP contribution in [0, 0.1) is 17.7 Å². The Morgan fingerprint density at radius 2 is 1.86 bits per heavy atom. The molecule has 14 heavy (non-hydrogen) atoms. The average Bonchev–Trinajstić information content (AvgIpc) is 2.01. The van der Waals surface area contributed by atoms with Crippen molar-refractivity contribution in [3.63, 3.8) is 0 Å². The molecule has 5 heteroatoms. The van der Waals surface area contributed by atoms with Crippen molar-refractivity contribution >= 4 is 0 Å². The van der Waals surface area contributed by atoms with E-state index in [1.54, 1.807) is 0 Å². The molecule has 0 atom stereocenters. The van der Waals surface area contributed by atoms with Crippen LogP contribution in [0.1, 0.15) is 5.56 Å². The Bertz CT molecular complexity index is 377. The van der Waals surface area contributed by atoms with E-state index in [2.05, 4.69) is 0 Å². The van der Waals surface area contributed by atoms with Crippen molar-refractivity contribution in [2.75, 3.05) is 0 Å². The molecule has 0 unspecified atom stereocenters. The maximum Gasteiger partial charge on any atom is 0.458 e. The highest BCUT2D eigenvalue weighted by atomic mass is 19.4. The first kappa shape index (κ1) is 10.4. The van der Waals surface area contributed by atoms with Gasteiger partial charge in [-0.3, -0.25) is 0 Å². The third-order valence-corrected chi connectivity index (χ3v) is 1.32. The van der Waals surface area contributed by atoms with Crippen molar-refractivity contribution in [3.8, 4) is 17.6 Å². The fourth-order valence-corrected chi connectivity index (χ4v) is 0.770. The second kappa shape index (κ2) is 3.58. The van der Waals surface area contributed by atoms with Gasteiger partial charge in [0.15, 0.2) is 0 Å². The van der Waals surface area contributed by atoms with Gasteiger partial charge in [-0.15, -0.1) is 0 Å². The van der Waals surface area contributed by atoms with Crippen LogP contribution in [0.4, 0.5) is 17.6 Å². The summed E-state index contributed by atoms with van der Waals surface area (Å²) in [5.41, 5.74) is -0.648. The van der Waals surface area contributed by atoms with Gasteiger partial charge in [-0.25, -0.2) is 4.39 Å². The predicted molar refractivity (Wildman–Crippen MR) is 41.0 cm³/mol. The monoisotopic (exact) mass is 204 g/mol. The molecule has 0 saturated carbocycles. The largest absolute Gasteiger partial charge is 0.507 e. The van der Waals surface area contributed by atoms with Crippen LogP contribution in [-0.2, 0) is 0 Å². The molecule has 1 nitrogen and oxygen atoms in total. The van der Waals surface area contributed by atoms with Gasteiger partial charge in [-0.05, 0) is 12.1 Å². The summed E-state index contributed by atoms with van der Waals surface area (Å²) in [7, 11) is 0. The molecule has 0 aliphatic heterocycles. The van der Waals surface area contributed by atoms with Crippen molar-refractivity contribution < 1.29 is 22.7 Å². The summed E-state index contributed by atoms with van der Waals surface area (Å²) in [5.74, 6) is 0.797. The van der Waals surface area contributed by atoms with Crippen LogP contribution in [0.3, 0.4) is 0 Å². The number of hydrogen-bond donors (Lipinski definition) is 1. The van der Waals surface area contributed by atoms with Gasteiger partial charge in [0.05, 0.1) is 0 Å². The number of aromatic hydroxyl groups is 1.